The summed E-state index contributed by atoms with van der Waals surface area (Å²) in [5, 5.41) is 0. The molecular formula is Ar80. The van der Waals surface area contributed by atoms with Crippen LogP contribution >= 0.6 is 0 Å². The quantitative estimate of drug-likeness (QED) is 0.321. The van der Waals surface area contributed by atoms with Gasteiger partial charge >= 0.3 is 0 Å². The second kappa shape index (κ2) is 566. The summed E-state index contributed by atoms with van der Waals surface area (Å²) in [4.78, 5) is 0. The van der Waals surface area contributed by atoms with Crippen LogP contribution in [0.3, 0.4) is 0 Å². The Labute approximate surface area is 2890 Å². The Morgan fingerprint density at radius 3 is 0.0125 bits per heavy atom. The molecule has 0 amide bonds. The van der Waals surface area contributed by atoms with Crippen LogP contribution in [-0.4, -0.2) is 0 Å². The van der Waals surface area contributed by atoms with Crippen molar-refractivity contribution in [2.45, 2.75) is 0 Å². The van der Waals surface area contributed by atoms with Crippen molar-refractivity contribution in [3.63, 3.8) is 0 Å². The van der Waals surface area contributed by atoms with Gasteiger partial charge in [-0.25, -0.2) is 0 Å². The molecule has 80 heteroatoms. The molecule has 0 rings (SSSR count). The minimum absolute atomic E-state index is 0. The third-order valence-electron chi connectivity index (χ3n) is 0. The van der Waals surface area contributed by atoms with E-state index in [1.54, 1.807) is 0 Å². The molecule has 0 N–H and O–H groups in total. The fraction of sp³-hybridized carbons (Fsp3) is 0. The van der Waals surface area contributed by atoms with E-state index in [9.17, 15) is 0 Å². The van der Waals surface area contributed by atoms with Crippen molar-refractivity contribution >= 4 is 0 Å². The van der Waals surface area contributed by atoms with Crippen molar-refractivity contribution in [3.8, 4) is 0 Å². The Kier molecular flexibility index (Phi) is 4070. The Bertz CT molecular complexity index is 0. The van der Waals surface area contributed by atoms with Crippen LogP contribution in [0.25, 0.3) is 0 Å². The third kappa shape index (κ3) is 556. The van der Waals surface area contributed by atoms with Gasteiger partial charge in [0.25, 0.3) is 0 Å². The molecule has 0 aromatic rings. The maximum absolute atomic E-state index is 0. The zero-order chi connectivity index (χ0) is 0. The largest absolute Gasteiger partial charge is 0 e. The average molecular weight is 3200 g/mol. The number of hydrogen-bond donors (Lipinski definition) is 0. The van der Waals surface area contributed by atoms with Crippen LogP contribution in [0.2, 0.25) is 0 Å². The fourth-order valence-corrected chi connectivity index (χ4v) is 0. The Balaban J connectivity index is 0. The van der Waals surface area contributed by atoms with Crippen molar-refractivity contribution in [1.82, 2.24) is 0 Å². The monoisotopic (exact) mass is 3200 g/mol. The molecule has 0 aliphatic carbocycles. The molecule has 640 valence electrons. The Morgan fingerprint density at radius 1 is 0.0125 bits per heavy atom. The van der Waals surface area contributed by atoms with Crippen LogP contribution in [0.5, 0.6) is 0 Å². The predicted octanol–water partition coefficient (Wildman–Crippen LogP) is 0. The first-order valence-corrected chi connectivity index (χ1v) is 0. The predicted molar refractivity (Wildman–Crippen MR) is 0 cm³/mol. The molecule has 0 saturated heterocycles. The molecule has 0 aliphatic heterocycles. The summed E-state index contributed by atoms with van der Waals surface area (Å²) in [5.41, 5.74) is 0. The van der Waals surface area contributed by atoms with Crippen molar-refractivity contribution in [2.75, 3.05) is 0 Å². The van der Waals surface area contributed by atoms with E-state index in [0.29, 0.717) is 0 Å². The summed E-state index contributed by atoms with van der Waals surface area (Å²) in [5.74, 6) is 0. The van der Waals surface area contributed by atoms with E-state index in [-0.39, 0.29) is 3020 Å². The second-order valence-corrected chi connectivity index (χ2v) is 0. The summed E-state index contributed by atoms with van der Waals surface area (Å²) in [6.07, 6.45) is 0. The van der Waals surface area contributed by atoms with E-state index < -0.39 is 0 Å². The van der Waals surface area contributed by atoms with Gasteiger partial charge in [-0.2, -0.15) is 0 Å². The summed E-state index contributed by atoms with van der Waals surface area (Å²) in [7, 11) is 0. The molecule has 80 heavy (non-hydrogen) atoms. The third-order valence-corrected chi connectivity index (χ3v) is 0. The molecule has 0 fully saturated rings. The molecule has 0 radical (unpaired) electrons. The molecular weight excluding hydrogens is 3200 g/mol. The molecule has 0 unspecified atom stereocenters. The zero-order valence-electron chi connectivity index (χ0n) is 28.3. The first kappa shape index (κ1) is 575. The Morgan fingerprint density at radius 2 is 0.0125 bits per heavy atom. The van der Waals surface area contributed by atoms with E-state index in [1.165, 1.54) is 0 Å². The standard InChI is InChI=1S/80Ar. The van der Waals surface area contributed by atoms with E-state index in [1.807, 2.05) is 0 Å². The summed E-state index contributed by atoms with van der Waals surface area (Å²) in [6, 6.07) is 0. The molecule has 0 saturated carbocycles. The van der Waals surface area contributed by atoms with E-state index in [0.717, 1.165) is 0 Å². The molecule has 0 aromatic heterocycles. The van der Waals surface area contributed by atoms with Crippen LogP contribution in [0.1, 0.15) is 0 Å². The van der Waals surface area contributed by atoms with Crippen molar-refractivity contribution in [3.05, 3.63) is 0 Å². The van der Waals surface area contributed by atoms with Crippen LogP contribution in [0.15, 0.2) is 0 Å². The zero-order valence-corrected chi connectivity index (χ0v) is 84.9. The van der Waals surface area contributed by atoms with Crippen molar-refractivity contribution < 1.29 is 3020 Å². The minimum atomic E-state index is 0. The van der Waals surface area contributed by atoms with Gasteiger partial charge < -0.3 is 0 Å². The van der Waals surface area contributed by atoms with Crippen LogP contribution in [0, 0.1) is 3020 Å². The molecule has 0 heterocycles. The van der Waals surface area contributed by atoms with Gasteiger partial charge in [-0.1, -0.05) is 0 Å². The van der Waals surface area contributed by atoms with E-state index in [2.05, 4.69) is 0 Å². The van der Waals surface area contributed by atoms with Gasteiger partial charge in [-0.15, -0.1) is 0 Å². The van der Waals surface area contributed by atoms with Gasteiger partial charge in [0, 0.05) is 3020 Å². The second-order valence-electron chi connectivity index (χ2n) is 0. The van der Waals surface area contributed by atoms with Gasteiger partial charge in [0.15, 0.2) is 0 Å². The van der Waals surface area contributed by atoms with Crippen LogP contribution in [-0.2, 0) is 0 Å². The average Bonchev–Trinajstić information content (AvgIpc) is 0. The van der Waals surface area contributed by atoms with Gasteiger partial charge in [-0.3, -0.25) is 0 Å². The van der Waals surface area contributed by atoms with Gasteiger partial charge in [0.1, 0.15) is 0 Å². The first-order chi connectivity index (χ1) is 0. The molecule has 0 aliphatic rings. The molecule has 0 aromatic carbocycles. The van der Waals surface area contributed by atoms with E-state index in [4.69, 9.17) is 0 Å². The van der Waals surface area contributed by atoms with Crippen molar-refractivity contribution in [1.29, 1.82) is 0 Å². The topological polar surface area (TPSA) is 0 Å². The summed E-state index contributed by atoms with van der Waals surface area (Å²) in [6.45, 7) is 0. The maximum Gasteiger partial charge on any atom is 0 e. The smallest absolute Gasteiger partial charge is 0 e. The summed E-state index contributed by atoms with van der Waals surface area (Å²) < 4.78 is 0. The Hall–Kier alpha value is 101. The normalized spacial score (nSPS) is 0. The molecule has 0 atom stereocenters. The molecule has 0 nitrogen and oxygen atoms in total. The SMILES string of the molecule is [Ar].[Ar].[Ar].[Ar].[Ar].[Ar].[Ar].[Ar].[Ar].[Ar].[Ar].[Ar].[Ar].[Ar].[Ar].[Ar].[Ar].[Ar].[Ar].[Ar].[Ar].[Ar].[Ar].[Ar].[Ar].[Ar].[Ar].[Ar].[Ar].[Ar].[Ar].[Ar].[Ar].[Ar].[Ar].[Ar].[Ar].[Ar].[Ar].[Ar].[Ar].[Ar].[Ar].[Ar].[Ar].[Ar].[Ar].[Ar].[Ar].[Ar].[Ar].[Ar].[Ar].[Ar].[Ar].[Ar].[Ar].[Ar].[Ar].[Ar].[Ar].[Ar].[Ar].[Ar].[Ar].[Ar].[Ar].[Ar].[Ar].[Ar].[Ar].[Ar].[Ar].[Ar].[Ar].[Ar].[Ar].[Ar].[Ar].[Ar]. The number of hydrogen-bond acceptors (Lipinski definition) is 0. The van der Waals surface area contributed by atoms with Crippen LogP contribution < -0.4 is 0 Å². The molecule has 0 bridgehead atoms. The van der Waals surface area contributed by atoms with E-state index >= 15 is 0 Å². The molecule has 0 spiro atoms. The number of rotatable bonds is 0. The van der Waals surface area contributed by atoms with Crippen LogP contribution in [0.4, 0.5) is 0 Å². The van der Waals surface area contributed by atoms with Gasteiger partial charge in [0.2, 0.25) is 0 Å². The van der Waals surface area contributed by atoms with Gasteiger partial charge in [0.05, 0.1) is 0 Å². The van der Waals surface area contributed by atoms with Crippen molar-refractivity contribution in [2.24, 2.45) is 0 Å². The van der Waals surface area contributed by atoms with Gasteiger partial charge in [-0.05, 0) is 0 Å². The first-order valence-electron chi connectivity index (χ1n) is 0. The maximum atomic E-state index is 0. The summed E-state index contributed by atoms with van der Waals surface area (Å²) >= 11 is 0. The minimum Gasteiger partial charge on any atom is 0 e. The fourth-order valence-electron chi connectivity index (χ4n) is 0.